The van der Waals surface area contributed by atoms with Crippen LogP contribution in [0.25, 0.3) is 5.53 Å². The minimum Gasteiger partial charge on any atom is -0.361 e. The molecule has 1 atom stereocenters. The van der Waals surface area contributed by atoms with Crippen molar-refractivity contribution < 1.29 is 18.0 Å². The predicted molar refractivity (Wildman–Crippen MR) is 146 cm³/mol. The van der Waals surface area contributed by atoms with Crippen LogP contribution in [0.3, 0.4) is 0 Å². The summed E-state index contributed by atoms with van der Waals surface area (Å²) >= 11 is 0. The van der Waals surface area contributed by atoms with Crippen molar-refractivity contribution >= 4 is 21.6 Å². The van der Waals surface area contributed by atoms with Gasteiger partial charge >= 0.3 is 11.6 Å². The number of amides is 1. The molecule has 0 saturated carbocycles. The van der Waals surface area contributed by atoms with Crippen molar-refractivity contribution in [3.05, 3.63) is 143 Å². The third kappa shape index (κ3) is 6.69. The summed E-state index contributed by atoms with van der Waals surface area (Å²) in [5, 5.41) is 0. The number of aryl methyl sites for hydroxylation is 1. The summed E-state index contributed by atoms with van der Waals surface area (Å²) in [7, 11) is -4.07. The van der Waals surface area contributed by atoms with Gasteiger partial charge in [0, 0.05) is 13.1 Å². The van der Waals surface area contributed by atoms with Gasteiger partial charge in [0.25, 0.3) is 0 Å². The van der Waals surface area contributed by atoms with E-state index in [9.17, 15) is 18.7 Å². The Kier molecular flexibility index (Phi) is 8.61. The molecule has 4 aromatic rings. The summed E-state index contributed by atoms with van der Waals surface area (Å²) in [6.45, 7) is 2.33. The Bertz CT molecular complexity index is 1480. The Hall–Kier alpha value is -4.36. The van der Waals surface area contributed by atoms with E-state index in [1.807, 2.05) is 67.6 Å². The number of hydrogen-bond acceptors (Lipinski definition) is 3. The van der Waals surface area contributed by atoms with Crippen LogP contribution in [0.15, 0.2) is 120 Å². The number of carbonyl (C=O) groups excluding carboxylic acids is 1. The smallest absolute Gasteiger partial charge is 0.361 e. The van der Waals surface area contributed by atoms with E-state index < -0.39 is 22.0 Å². The lowest BCUT2D eigenvalue weighted by Gasteiger charge is -2.23. The molecular formula is C30H28N4O3S. The summed E-state index contributed by atoms with van der Waals surface area (Å²) in [5.41, 5.74) is 12.9. The van der Waals surface area contributed by atoms with Crippen LogP contribution in [0.1, 0.15) is 28.3 Å². The fraction of sp³-hybridized carbons (Fsp3) is 0.133. The average molecular weight is 525 g/mol. The molecule has 0 fully saturated rings. The third-order valence-electron chi connectivity index (χ3n) is 6.06. The first kappa shape index (κ1) is 26.7. The molecule has 0 saturated heterocycles. The Morgan fingerprint density at radius 1 is 0.789 bits per heavy atom. The zero-order valence-electron chi connectivity index (χ0n) is 20.9. The van der Waals surface area contributed by atoms with Crippen molar-refractivity contribution in [1.29, 1.82) is 0 Å². The highest BCUT2D eigenvalue weighted by Gasteiger charge is 2.39. The van der Waals surface area contributed by atoms with Crippen molar-refractivity contribution in [3.63, 3.8) is 0 Å². The molecule has 7 nitrogen and oxygen atoms in total. The molecule has 0 aliphatic carbocycles. The average Bonchev–Trinajstić information content (AvgIpc) is 2.94. The Balaban J connectivity index is 1.72. The minimum atomic E-state index is -4.07. The van der Waals surface area contributed by atoms with E-state index >= 15 is 0 Å². The van der Waals surface area contributed by atoms with Gasteiger partial charge in [0.05, 0.1) is 4.90 Å². The molecule has 0 spiro atoms. The van der Waals surface area contributed by atoms with Crippen LogP contribution in [0, 0.1) is 6.92 Å². The van der Waals surface area contributed by atoms with E-state index in [1.165, 1.54) is 17.0 Å². The molecule has 0 aliphatic rings. The van der Waals surface area contributed by atoms with Crippen LogP contribution in [0.4, 0.5) is 0 Å². The number of nitrogens with zero attached hydrogens (tertiary/aromatic N) is 3. The van der Waals surface area contributed by atoms with Gasteiger partial charge in [0.15, 0.2) is 6.04 Å². The van der Waals surface area contributed by atoms with E-state index in [1.54, 1.807) is 42.5 Å². The Morgan fingerprint density at radius 2 is 1.26 bits per heavy atom. The molecule has 1 unspecified atom stereocenters. The van der Waals surface area contributed by atoms with Crippen molar-refractivity contribution in [1.82, 2.24) is 9.62 Å². The van der Waals surface area contributed by atoms with E-state index in [2.05, 4.69) is 9.51 Å². The Labute approximate surface area is 223 Å². The molecule has 0 radical (unpaired) electrons. The first-order valence-corrected chi connectivity index (χ1v) is 13.6. The van der Waals surface area contributed by atoms with E-state index in [-0.39, 0.29) is 23.7 Å². The van der Waals surface area contributed by atoms with Gasteiger partial charge in [-0.2, -0.15) is 9.51 Å². The van der Waals surface area contributed by atoms with Gasteiger partial charge in [-0.1, -0.05) is 109 Å². The quantitative estimate of drug-likeness (QED) is 0.181. The van der Waals surface area contributed by atoms with Gasteiger partial charge in [-0.05, 0) is 35.7 Å². The van der Waals surface area contributed by atoms with Gasteiger partial charge in [0.2, 0.25) is 10.0 Å². The molecule has 192 valence electrons. The summed E-state index contributed by atoms with van der Waals surface area (Å²) in [6.07, 6.45) is 0. The van der Waals surface area contributed by atoms with E-state index in [0.29, 0.717) is 5.56 Å². The van der Waals surface area contributed by atoms with Gasteiger partial charge in [-0.3, -0.25) is 4.79 Å². The molecule has 1 amide bonds. The summed E-state index contributed by atoms with van der Waals surface area (Å²) in [5.74, 6) is -0.597. The molecule has 38 heavy (non-hydrogen) atoms. The number of hydrogen-bond donors (Lipinski definition) is 1. The number of benzene rings is 4. The van der Waals surface area contributed by atoms with Crippen LogP contribution in [-0.4, -0.2) is 29.7 Å². The fourth-order valence-corrected chi connectivity index (χ4v) is 5.25. The molecule has 0 heterocycles. The molecule has 8 heteroatoms. The maximum atomic E-state index is 14.0. The lowest BCUT2D eigenvalue weighted by molar-refractivity contribution is -0.130. The summed E-state index contributed by atoms with van der Waals surface area (Å²) in [4.78, 5) is 18.9. The molecule has 0 aliphatic heterocycles. The highest BCUT2D eigenvalue weighted by Crippen LogP contribution is 2.21. The second-order valence-electron chi connectivity index (χ2n) is 8.90. The summed E-state index contributed by atoms with van der Waals surface area (Å²) < 4.78 is 29.3. The number of carbonyl (C=O) groups is 1. The van der Waals surface area contributed by atoms with Crippen molar-refractivity contribution in [3.8, 4) is 0 Å². The third-order valence-corrected chi connectivity index (χ3v) is 7.50. The second-order valence-corrected chi connectivity index (χ2v) is 10.6. The zero-order valence-corrected chi connectivity index (χ0v) is 21.8. The lowest BCUT2D eigenvalue weighted by Crippen LogP contribution is -2.44. The maximum Gasteiger partial charge on any atom is 0.378 e. The van der Waals surface area contributed by atoms with Crippen molar-refractivity contribution in [2.24, 2.45) is 0 Å². The molecular weight excluding hydrogens is 496 g/mol. The van der Waals surface area contributed by atoms with Crippen LogP contribution >= 0.6 is 0 Å². The van der Waals surface area contributed by atoms with Gasteiger partial charge in [-0.25, -0.2) is 8.42 Å². The van der Waals surface area contributed by atoms with Crippen LogP contribution in [-0.2, 0) is 27.9 Å². The van der Waals surface area contributed by atoms with E-state index in [0.717, 1.165) is 16.7 Å². The number of nitrogens with one attached hydrogen (secondary N) is 1. The predicted octanol–water partition coefficient (Wildman–Crippen LogP) is 4.91. The van der Waals surface area contributed by atoms with Crippen LogP contribution in [0.2, 0.25) is 0 Å². The van der Waals surface area contributed by atoms with Gasteiger partial charge in [-0.15, -0.1) is 0 Å². The fourth-order valence-electron chi connectivity index (χ4n) is 4.06. The lowest BCUT2D eigenvalue weighted by atomic mass is 10.0. The first-order valence-electron chi connectivity index (χ1n) is 12.1. The highest BCUT2D eigenvalue weighted by atomic mass is 32.2. The molecule has 4 aromatic carbocycles. The second kappa shape index (κ2) is 12.3. The van der Waals surface area contributed by atoms with Gasteiger partial charge in [0.1, 0.15) is 0 Å². The van der Waals surface area contributed by atoms with Crippen LogP contribution in [0.5, 0.6) is 0 Å². The van der Waals surface area contributed by atoms with E-state index in [4.69, 9.17) is 0 Å². The minimum absolute atomic E-state index is 0.0409. The first-order chi connectivity index (χ1) is 18.4. The zero-order chi connectivity index (χ0) is 27.0. The molecule has 0 bridgehead atoms. The summed E-state index contributed by atoms with van der Waals surface area (Å²) in [6, 6.07) is 32.6. The number of rotatable bonds is 10. The van der Waals surface area contributed by atoms with Crippen molar-refractivity contribution in [2.75, 3.05) is 0 Å². The largest absolute Gasteiger partial charge is 0.378 e. The molecule has 0 aromatic heterocycles. The normalized spacial score (nSPS) is 11.8. The topological polar surface area (TPSA) is 103 Å². The van der Waals surface area contributed by atoms with Crippen molar-refractivity contribution in [2.45, 2.75) is 31.0 Å². The molecule has 4 rings (SSSR count). The van der Waals surface area contributed by atoms with Gasteiger partial charge < -0.3 is 10.4 Å². The SMILES string of the molecule is Cc1ccc(S(=O)(=O)NC(C(=[N+]=[N-])C(=O)N(Cc2ccccc2)Cc2ccccc2)c2ccccc2)cc1. The monoisotopic (exact) mass is 524 g/mol. The molecule has 1 N–H and O–H groups in total. The van der Waals surface area contributed by atoms with Crippen LogP contribution < -0.4 is 4.72 Å². The Morgan fingerprint density at radius 3 is 1.74 bits per heavy atom. The maximum absolute atomic E-state index is 14.0. The highest BCUT2D eigenvalue weighted by molar-refractivity contribution is 7.89. The standard InChI is InChI=1S/C30H28N4O3S/c1-23-17-19-27(20-18-23)38(36,37)33-28(26-15-9-4-10-16-26)29(32-31)30(35)34(21-24-11-5-2-6-12-24)22-25-13-7-3-8-14-25/h2-20,28,33H,21-22H2,1H3. The number of sulfonamides is 1.